The van der Waals surface area contributed by atoms with Gasteiger partial charge in [0.15, 0.2) is 0 Å². The highest BCUT2D eigenvalue weighted by Gasteiger charge is 2.42. The highest BCUT2D eigenvalue weighted by molar-refractivity contribution is 5.34. The second-order valence-corrected chi connectivity index (χ2v) is 9.41. The third kappa shape index (κ3) is 9.68. The van der Waals surface area contributed by atoms with Crippen LogP contribution < -0.4 is 10.6 Å². The van der Waals surface area contributed by atoms with Crippen LogP contribution in [0.1, 0.15) is 73.3 Å². The molecule has 0 saturated heterocycles. The minimum atomic E-state index is -0.0266. The van der Waals surface area contributed by atoms with Crippen molar-refractivity contribution in [3.05, 3.63) is 47.3 Å². The lowest BCUT2D eigenvalue weighted by molar-refractivity contribution is -0.0979. The first-order valence-electron chi connectivity index (χ1n) is 10.9. The quantitative estimate of drug-likeness (QED) is 0.528. The van der Waals surface area contributed by atoms with Crippen molar-refractivity contribution >= 4 is 6.79 Å². The normalized spacial score (nSPS) is 17.2. The smallest absolute Gasteiger partial charge is 0.126 e. The lowest BCUT2D eigenvalue weighted by atomic mass is 9.92. The Kier molecular flexibility index (Phi) is 10.8. The Morgan fingerprint density at radius 1 is 1.21 bits per heavy atom. The number of halogens is 1. The molecule has 1 aromatic rings. The molecule has 0 unspecified atom stereocenters. The van der Waals surface area contributed by atoms with Gasteiger partial charge < -0.3 is 15.4 Å². The molecular weight excluding hydrogens is 363 g/mol. The van der Waals surface area contributed by atoms with Crippen LogP contribution in [0, 0.1) is 17.2 Å². The van der Waals surface area contributed by atoms with Crippen molar-refractivity contribution in [3.63, 3.8) is 0 Å². The van der Waals surface area contributed by atoms with Gasteiger partial charge in [-0.15, -0.1) is 0 Å². The third-order valence-corrected chi connectivity index (χ3v) is 5.56. The predicted molar refractivity (Wildman–Crippen MR) is 126 cm³/mol. The van der Waals surface area contributed by atoms with E-state index in [1.807, 2.05) is 27.0 Å². The first kappa shape index (κ1) is 25.5. The van der Waals surface area contributed by atoms with E-state index in [2.05, 4.69) is 49.6 Å². The van der Waals surface area contributed by atoms with E-state index in [0.717, 1.165) is 37.3 Å². The molecule has 2 aliphatic rings. The van der Waals surface area contributed by atoms with Crippen LogP contribution in [0.15, 0.2) is 30.4 Å². The summed E-state index contributed by atoms with van der Waals surface area (Å²) in [5.74, 6) is 0.846. The molecule has 2 aliphatic carbocycles. The molecule has 0 radical (unpaired) electrons. The largest absolute Gasteiger partial charge is 0.316 e. The summed E-state index contributed by atoms with van der Waals surface area (Å²) in [5, 5.41) is 6.44. The SMILES string of the molecule is C=O.CNC/C=C/CC(C)(C)C.CNC1(c2ccc(F)c(CCC3CC3)c2)CC1.[HH].[HH]. The van der Waals surface area contributed by atoms with Gasteiger partial charge in [-0.25, -0.2) is 4.39 Å². The fourth-order valence-corrected chi connectivity index (χ4v) is 3.28. The van der Waals surface area contributed by atoms with E-state index in [9.17, 15) is 4.39 Å². The summed E-state index contributed by atoms with van der Waals surface area (Å²) in [6, 6.07) is 5.68. The Hall–Kier alpha value is -1.52. The average Bonchev–Trinajstić information content (AvgIpc) is 3.61. The Morgan fingerprint density at radius 3 is 2.34 bits per heavy atom. The molecule has 2 saturated carbocycles. The second kappa shape index (κ2) is 12.2. The van der Waals surface area contributed by atoms with Crippen LogP contribution in [0.3, 0.4) is 0 Å². The standard InChI is InChI=1S/C15H20FN.C9H19N.CH2O.2H2/c1-17-15(8-9-15)13-6-7-14(16)12(10-13)5-4-11-2-3-11;1-9(2,3)7-5-6-8-10-4;1-2;;/h6-7,10-11,17H,2-5,8-9H2,1H3;5-6,10H,7-8H2,1-4H3;1H2;2*1H/b;6-5+;;;. The van der Waals surface area contributed by atoms with Crippen LogP contribution >= 0.6 is 0 Å². The Balaban J connectivity index is 0. The van der Waals surface area contributed by atoms with Gasteiger partial charge in [-0.05, 0) is 74.7 Å². The zero-order chi connectivity index (χ0) is 21.9. The average molecular weight is 409 g/mol. The molecule has 3 rings (SSSR count). The monoisotopic (exact) mass is 408 g/mol. The van der Waals surface area contributed by atoms with Crippen molar-refractivity contribution < 1.29 is 12.0 Å². The molecule has 0 aliphatic heterocycles. The summed E-state index contributed by atoms with van der Waals surface area (Å²) >= 11 is 0. The molecule has 1 aromatic carbocycles. The van der Waals surface area contributed by atoms with Gasteiger partial charge in [0.05, 0.1) is 0 Å². The van der Waals surface area contributed by atoms with Crippen molar-refractivity contribution in [3.8, 4) is 0 Å². The molecule has 0 aromatic heterocycles. The van der Waals surface area contributed by atoms with Gasteiger partial charge in [-0.3, -0.25) is 0 Å². The van der Waals surface area contributed by atoms with Crippen molar-refractivity contribution in [2.75, 3.05) is 20.6 Å². The zero-order valence-electron chi connectivity index (χ0n) is 19.1. The van der Waals surface area contributed by atoms with Crippen molar-refractivity contribution in [2.45, 2.75) is 71.3 Å². The fourth-order valence-electron chi connectivity index (χ4n) is 3.28. The fraction of sp³-hybridized carbons (Fsp3) is 0.640. The zero-order valence-corrected chi connectivity index (χ0v) is 19.1. The molecule has 2 fully saturated rings. The van der Waals surface area contributed by atoms with Crippen molar-refractivity contribution in [1.82, 2.24) is 10.6 Å². The predicted octanol–water partition coefficient (Wildman–Crippen LogP) is 5.88. The van der Waals surface area contributed by atoms with Gasteiger partial charge in [0.2, 0.25) is 0 Å². The Labute approximate surface area is 180 Å². The molecule has 3 nitrogen and oxygen atoms in total. The summed E-state index contributed by atoms with van der Waals surface area (Å²) < 4.78 is 13.7. The summed E-state index contributed by atoms with van der Waals surface area (Å²) in [7, 11) is 3.96. The Bertz CT molecular complexity index is 639. The topological polar surface area (TPSA) is 41.1 Å². The minimum absolute atomic E-state index is 0. The van der Waals surface area contributed by atoms with Crippen LogP contribution in [-0.2, 0) is 16.8 Å². The Morgan fingerprint density at radius 2 is 1.86 bits per heavy atom. The summed E-state index contributed by atoms with van der Waals surface area (Å²) in [5.41, 5.74) is 2.77. The number of carbonyl (C=O) groups excluding carboxylic acids is 1. The lowest BCUT2D eigenvalue weighted by Crippen LogP contribution is -2.24. The van der Waals surface area contributed by atoms with Crippen LogP contribution in [-0.4, -0.2) is 27.4 Å². The maximum absolute atomic E-state index is 13.7. The minimum Gasteiger partial charge on any atom is -0.316 e. The van der Waals surface area contributed by atoms with Gasteiger partial charge >= 0.3 is 0 Å². The van der Waals surface area contributed by atoms with Gasteiger partial charge in [-0.2, -0.15) is 0 Å². The number of carbonyl (C=O) groups is 1. The molecule has 0 heterocycles. The number of benzene rings is 1. The van der Waals surface area contributed by atoms with E-state index in [4.69, 9.17) is 4.79 Å². The number of nitrogens with one attached hydrogen (secondary N) is 2. The van der Waals surface area contributed by atoms with Crippen LogP contribution in [0.2, 0.25) is 0 Å². The van der Waals surface area contributed by atoms with Crippen molar-refractivity contribution in [2.24, 2.45) is 11.3 Å². The second-order valence-electron chi connectivity index (χ2n) is 9.41. The van der Waals surface area contributed by atoms with E-state index in [-0.39, 0.29) is 14.2 Å². The van der Waals surface area contributed by atoms with Gasteiger partial charge in [0, 0.05) is 14.9 Å². The number of aryl methyl sites for hydroxylation is 1. The van der Waals surface area contributed by atoms with E-state index in [1.54, 1.807) is 6.07 Å². The maximum Gasteiger partial charge on any atom is 0.126 e. The molecule has 0 atom stereocenters. The van der Waals surface area contributed by atoms with Crippen LogP contribution in [0.4, 0.5) is 4.39 Å². The van der Waals surface area contributed by atoms with E-state index in [1.165, 1.54) is 31.2 Å². The number of hydrogen-bond acceptors (Lipinski definition) is 3. The molecule has 29 heavy (non-hydrogen) atoms. The van der Waals surface area contributed by atoms with Crippen molar-refractivity contribution in [1.29, 1.82) is 0 Å². The van der Waals surface area contributed by atoms with Gasteiger partial charge in [-0.1, -0.05) is 57.9 Å². The lowest BCUT2D eigenvalue weighted by Gasteiger charge is -2.16. The highest BCUT2D eigenvalue weighted by atomic mass is 19.1. The van der Waals surface area contributed by atoms with Crippen LogP contribution in [0.25, 0.3) is 0 Å². The molecular formula is C25H45FN2O. The molecule has 2 N–H and O–H groups in total. The van der Waals surface area contributed by atoms with E-state index >= 15 is 0 Å². The number of rotatable bonds is 8. The summed E-state index contributed by atoms with van der Waals surface area (Å²) in [6.07, 6.45) is 12.7. The molecule has 168 valence electrons. The maximum atomic E-state index is 13.7. The summed E-state index contributed by atoms with van der Waals surface area (Å²) in [6.45, 7) is 9.72. The highest BCUT2D eigenvalue weighted by Crippen LogP contribution is 2.45. The van der Waals surface area contributed by atoms with Crippen LogP contribution in [0.5, 0.6) is 0 Å². The number of likely N-dealkylation sites (N-methyl/N-ethyl adjacent to an activating group) is 1. The third-order valence-electron chi connectivity index (χ3n) is 5.56. The van der Waals surface area contributed by atoms with Gasteiger partial charge in [0.1, 0.15) is 12.6 Å². The van der Waals surface area contributed by atoms with E-state index < -0.39 is 0 Å². The summed E-state index contributed by atoms with van der Waals surface area (Å²) in [4.78, 5) is 8.00. The molecule has 0 spiro atoms. The van der Waals surface area contributed by atoms with E-state index in [0.29, 0.717) is 5.41 Å². The molecule has 0 amide bonds. The molecule has 0 bridgehead atoms. The molecule has 4 heteroatoms. The van der Waals surface area contributed by atoms with Gasteiger partial charge in [0.25, 0.3) is 0 Å². The first-order valence-corrected chi connectivity index (χ1v) is 10.9. The number of allylic oxidation sites excluding steroid dienone is 1. The number of hydrogen-bond donors (Lipinski definition) is 2. The first-order chi connectivity index (χ1) is 13.8.